The maximum Gasteiger partial charge on any atom is 0.269 e. The van der Waals surface area contributed by atoms with Gasteiger partial charge in [-0.25, -0.2) is 4.57 Å². The van der Waals surface area contributed by atoms with Gasteiger partial charge in [0.2, 0.25) is 0 Å². The van der Waals surface area contributed by atoms with Gasteiger partial charge in [-0.3, -0.25) is 19.7 Å². The molecule has 0 N–H and O–H groups in total. The van der Waals surface area contributed by atoms with Gasteiger partial charge in [-0.05, 0) is 59.3 Å². The fraction of sp³-hybridized carbons (Fsp3) is 0. The minimum Gasteiger partial charge on any atom is -0.268 e. The van der Waals surface area contributed by atoms with Gasteiger partial charge in [-0.1, -0.05) is 48.2 Å². The van der Waals surface area contributed by atoms with Crippen molar-refractivity contribution in [2.75, 3.05) is 0 Å². The molecule has 0 amide bonds. The van der Waals surface area contributed by atoms with Gasteiger partial charge < -0.3 is 0 Å². The van der Waals surface area contributed by atoms with Gasteiger partial charge in [0.25, 0.3) is 16.8 Å². The average molecular weight is 452 g/mol. The van der Waals surface area contributed by atoms with Crippen molar-refractivity contribution in [2.45, 2.75) is 9.79 Å². The summed E-state index contributed by atoms with van der Waals surface area (Å²) in [7, 11) is 0. The number of nitro groups is 1. The molecule has 1 aromatic heterocycles. The highest BCUT2D eigenvalue weighted by Crippen LogP contribution is 2.29. The summed E-state index contributed by atoms with van der Waals surface area (Å²) >= 11 is 1.44. The number of benzene rings is 4. The second-order valence-electron chi connectivity index (χ2n) is 7.38. The van der Waals surface area contributed by atoms with Crippen molar-refractivity contribution in [3.8, 4) is 5.69 Å². The second-order valence-corrected chi connectivity index (χ2v) is 8.53. The molecule has 5 rings (SSSR count). The van der Waals surface area contributed by atoms with E-state index < -0.39 is 4.92 Å². The van der Waals surface area contributed by atoms with Gasteiger partial charge in [-0.2, -0.15) is 0 Å². The Balaban J connectivity index is 1.61. The molecule has 0 saturated heterocycles. The van der Waals surface area contributed by atoms with Crippen molar-refractivity contribution in [1.82, 2.24) is 4.57 Å². The summed E-state index contributed by atoms with van der Waals surface area (Å²) in [6.45, 7) is 0. The van der Waals surface area contributed by atoms with E-state index in [-0.39, 0.29) is 16.8 Å². The first-order valence-corrected chi connectivity index (χ1v) is 10.9. The van der Waals surface area contributed by atoms with Crippen LogP contribution in [0.3, 0.4) is 0 Å². The molecule has 0 saturated carbocycles. The Bertz CT molecular complexity index is 1570. The normalized spacial score (nSPS) is 11.0. The number of nitro benzene ring substituents is 1. The topological polar surface area (TPSA) is 82.2 Å². The van der Waals surface area contributed by atoms with Gasteiger partial charge in [0.05, 0.1) is 10.6 Å². The van der Waals surface area contributed by atoms with Crippen molar-refractivity contribution < 1.29 is 4.92 Å². The number of nitrogens with zero attached hydrogens (tertiary/aromatic N) is 2. The largest absolute Gasteiger partial charge is 0.269 e. The molecule has 0 spiro atoms. The van der Waals surface area contributed by atoms with E-state index in [2.05, 4.69) is 0 Å². The number of non-ortho nitro benzene ring substituents is 1. The van der Waals surface area contributed by atoms with E-state index in [1.54, 1.807) is 48.5 Å². The lowest BCUT2D eigenvalue weighted by Gasteiger charge is -2.06. The number of rotatable bonds is 4. The summed E-state index contributed by atoms with van der Waals surface area (Å²) in [5.74, 6) is 0. The van der Waals surface area contributed by atoms with E-state index >= 15 is 0 Å². The monoisotopic (exact) mass is 452 g/mol. The molecule has 6 nitrogen and oxygen atoms in total. The van der Waals surface area contributed by atoms with Gasteiger partial charge in [0.1, 0.15) is 0 Å². The van der Waals surface area contributed by atoms with Crippen LogP contribution in [0.2, 0.25) is 0 Å². The Hall–Kier alpha value is -4.23. The fourth-order valence-electron chi connectivity index (χ4n) is 3.81. The highest BCUT2D eigenvalue weighted by molar-refractivity contribution is 7.99. The van der Waals surface area contributed by atoms with Crippen molar-refractivity contribution >= 4 is 39.0 Å². The molecule has 0 bridgehead atoms. The van der Waals surface area contributed by atoms with Crippen LogP contribution in [0.15, 0.2) is 116 Å². The standard InChI is InChI=1S/C26H16N2O4S/c29-25-23-7-3-1-5-21(23)22-6-2-4-8-24(22)26(30)27(25)17-9-13-19(14-10-17)33-20-15-11-18(12-16-20)28(31)32/h1-16H. The Kier molecular flexibility index (Phi) is 5.24. The van der Waals surface area contributed by atoms with E-state index in [1.165, 1.54) is 28.5 Å². The summed E-state index contributed by atoms with van der Waals surface area (Å²) in [6, 6.07) is 27.9. The summed E-state index contributed by atoms with van der Waals surface area (Å²) in [6.07, 6.45) is 0. The number of hydrogen-bond acceptors (Lipinski definition) is 5. The van der Waals surface area contributed by atoms with Crippen LogP contribution in [0.1, 0.15) is 0 Å². The van der Waals surface area contributed by atoms with E-state index in [0.717, 1.165) is 20.6 Å². The molecule has 4 aromatic carbocycles. The zero-order valence-electron chi connectivity index (χ0n) is 17.2. The predicted octanol–water partition coefficient (Wildman–Crippen LogP) is 5.56. The first-order chi connectivity index (χ1) is 16.0. The van der Waals surface area contributed by atoms with E-state index in [4.69, 9.17) is 0 Å². The summed E-state index contributed by atoms with van der Waals surface area (Å²) in [5.41, 5.74) is -0.233. The Morgan fingerprint density at radius 3 is 1.48 bits per heavy atom. The lowest BCUT2D eigenvalue weighted by Crippen LogP contribution is -2.28. The van der Waals surface area contributed by atoms with Crippen LogP contribution in [-0.4, -0.2) is 9.49 Å². The predicted molar refractivity (Wildman–Crippen MR) is 131 cm³/mol. The summed E-state index contributed by atoms with van der Waals surface area (Å²) < 4.78 is 1.21. The van der Waals surface area contributed by atoms with Gasteiger partial charge in [-0.15, -0.1) is 0 Å². The third-order valence-corrected chi connectivity index (χ3v) is 6.41. The number of aromatic nitrogens is 1. The molecule has 160 valence electrons. The van der Waals surface area contributed by atoms with Gasteiger partial charge >= 0.3 is 0 Å². The summed E-state index contributed by atoms with van der Waals surface area (Å²) in [5, 5.41) is 13.2. The molecule has 1 heterocycles. The lowest BCUT2D eigenvalue weighted by molar-refractivity contribution is -0.384. The summed E-state index contributed by atoms with van der Waals surface area (Å²) in [4.78, 5) is 39.0. The minimum absolute atomic E-state index is 0.0356. The van der Waals surface area contributed by atoms with E-state index in [9.17, 15) is 19.7 Å². The Morgan fingerprint density at radius 2 is 1.03 bits per heavy atom. The molecule has 5 aromatic rings. The molecule has 7 heteroatoms. The molecule has 0 aliphatic rings. The third kappa shape index (κ3) is 3.79. The zero-order valence-corrected chi connectivity index (χ0v) is 18.0. The van der Waals surface area contributed by atoms with Crippen LogP contribution in [0.4, 0.5) is 5.69 Å². The van der Waals surface area contributed by atoms with E-state index in [0.29, 0.717) is 16.5 Å². The highest BCUT2D eigenvalue weighted by atomic mass is 32.2. The average Bonchev–Trinajstić information content (AvgIpc) is 2.94. The SMILES string of the molecule is O=c1c2ccccc2c2ccccc2c(=O)n1-c1ccc(Sc2ccc([N+](=O)[O-])cc2)cc1. The third-order valence-electron chi connectivity index (χ3n) is 5.39. The second kappa shape index (κ2) is 8.37. The molecule has 0 unspecified atom stereocenters. The van der Waals surface area contributed by atoms with E-state index in [1.807, 2.05) is 36.4 Å². The molecule has 0 atom stereocenters. The van der Waals surface area contributed by atoms with Crippen molar-refractivity contribution in [2.24, 2.45) is 0 Å². The maximum absolute atomic E-state index is 13.4. The highest BCUT2D eigenvalue weighted by Gasteiger charge is 2.12. The smallest absolute Gasteiger partial charge is 0.268 e. The van der Waals surface area contributed by atoms with Crippen LogP contribution in [0.25, 0.3) is 27.2 Å². The molecular weight excluding hydrogens is 436 g/mol. The molecule has 33 heavy (non-hydrogen) atoms. The first-order valence-electron chi connectivity index (χ1n) is 10.1. The Labute approximate surface area is 191 Å². The molecule has 0 aliphatic carbocycles. The first kappa shape index (κ1) is 20.7. The fourth-order valence-corrected chi connectivity index (χ4v) is 4.63. The maximum atomic E-state index is 13.4. The minimum atomic E-state index is -0.436. The number of hydrogen-bond donors (Lipinski definition) is 0. The van der Waals surface area contributed by atoms with Crippen LogP contribution in [0, 0.1) is 10.1 Å². The van der Waals surface area contributed by atoms with Gasteiger partial charge in [0.15, 0.2) is 0 Å². The lowest BCUT2D eigenvalue weighted by atomic mass is 10.1. The van der Waals surface area contributed by atoms with Crippen LogP contribution in [0.5, 0.6) is 0 Å². The van der Waals surface area contributed by atoms with Crippen LogP contribution < -0.4 is 11.1 Å². The molecule has 0 radical (unpaired) electrons. The van der Waals surface area contributed by atoms with Crippen LogP contribution in [-0.2, 0) is 0 Å². The molecular formula is C26H16N2O4S. The van der Waals surface area contributed by atoms with Crippen molar-refractivity contribution in [3.05, 3.63) is 128 Å². The zero-order chi connectivity index (χ0) is 22.9. The van der Waals surface area contributed by atoms with Crippen molar-refractivity contribution in [1.29, 1.82) is 0 Å². The number of fused-ring (bicyclic) bond motifs is 3. The molecule has 0 aliphatic heterocycles. The quantitative estimate of drug-likeness (QED) is 0.263. The Morgan fingerprint density at radius 1 is 0.606 bits per heavy atom. The van der Waals surface area contributed by atoms with Crippen LogP contribution >= 0.6 is 11.8 Å². The van der Waals surface area contributed by atoms with Crippen molar-refractivity contribution in [3.63, 3.8) is 0 Å². The molecule has 0 fully saturated rings. The van der Waals surface area contributed by atoms with Gasteiger partial charge in [0, 0.05) is 32.7 Å².